The molecular weight excluding hydrogens is 687 g/mol. The second kappa shape index (κ2) is 13.0. The Labute approximate surface area is 322 Å². The molecule has 0 amide bonds. The summed E-state index contributed by atoms with van der Waals surface area (Å²) in [6.07, 6.45) is 3.84. The number of aromatic nitrogens is 4. The van der Waals surface area contributed by atoms with Crippen LogP contribution in [0.25, 0.3) is 88.4 Å². The highest BCUT2D eigenvalue weighted by Gasteiger charge is 2.17. The van der Waals surface area contributed by atoms with E-state index in [0.717, 1.165) is 72.2 Å². The van der Waals surface area contributed by atoms with Crippen molar-refractivity contribution in [3.05, 3.63) is 188 Å². The molecule has 0 spiro atoms. The SMILES string of the molecule is c1ccc2cc(-c3ccc4c(ccc5cc(N(c6ccc(-c7ncc8ccccc8n7)cc6)c6ccc(-c7nc8ccccc8o7)cc6)ccc54)c3)ncc2c1. The van der Waals surface area contributed by atoms with Crippen LogP contribution in [0.3, 0.4) is 0 Å². The molecule has 0 saturated heterocycles. The number of pyridine rings is 1. The average Bonchev–Trinajstić information content (AvgIpc) is 3.71. The number of benzene rings is 8. The average molecular weight is 718 g/mol. The summed E-state index contributed by atoms with van der Waals surface area (Å²) < 4.78 is 6.10. The molecule has 56 heavy (non-hydrogen) atoms. The summed E-state index contributed by atoms with van der Waals surface area (Å²) >= 11 is 0. The fraction of sp³-hybridized carbons (Fsp3) is 0. The van der Waals surface area contributed by atoms with Crippen molar-refractivity contribution >= 4 is 71.4 Å². The first-order chi connectivity index (χ1) is 27.7. The Hall–Kier alpha value is -7.70. The second-order valence-corrected chi connectivity index (χ2v) is 14.0. The van der Waals surface area contributed by atoms with Crippen LogP contribution in [0.4, 0.5) is 17.1 Å². The molecule has 3 aromatic heterocycles. The highest BCUT2D eigenvalue weighted by molar-refractivity contribution is 6.09. The van der Waals surface area contributed by atoms with Crippen molar-refractivity contribution in [2.45, 2.75) is 0 Å². The van der Waals surface area contributed by atoms with E-state index in [-0.39, 0.29) is 0 Å². The molecule has 0 radical (unpaired) electrons. The van der Waals surface area contributed by atoms with Gasteiger partial charge in [0.15, 0.2) is 11.4 Å². The smallest absolute Gasteiger partial charge is 0.227 e. The summed E-state index contributed by atoms with van der Waals surface area (Å²) in [5.41, 5.74) is 9.53. The lowest BCUT2D eigenvalue weighted by Gasteiger charge is -2.26. The van der Waals surface area contributed by atoms with E-state index in [2.05, 4.69) is 131 Å². The van der Waals surface area contributed by atoms with Crippen molar-refractivity contribution in [2.75, 3.05) is 4.90 Å². The van der Waals surface area contributed by atoms with Gasteiger partial charge in [-0.2, -0.15) is 0 Å². The third-order valence-corrected chi connectivity index (χ3v) is 10.5. The molecule has 11 rings (SSSR count). The van der Waals surface area contributed by atoms with Gasteiger partial charge in [0.1, 0.15) is 5.52 Å². The standard InChI is InChI=1S/C50H31N5O/c1-2-8-38-30-51-47(29-34(38)7-1)37-19-25-43-35(27-37)13-14-36-28-42(24-26-44(36)43)55(41-22-17-33(18-23-41)50-54-46-11-5-6-12-48(46)56-50)40-20-15-32(16-21-40)49-52-31-39-9-3-4-10-45(39)53-49/h1-31H. The van der Waals surface area contributed by atoms with Gasteiger partial charge in [-0.1, -0.05) is 84.9 Å². The number of fused-ring (bicyclic) bond motifs is 6. The molecule has 0 aliphatic carbocycles. The zero-order chi connectivity index (χ0) is 37.0. The van der Waals surface area contributed by atoms with Crippen LogP contribution in [0.5, 0.6) is 0 Å². The summed E-state index contributed by atoms with van der Waals surface area (Å²) in [5, 5.41) is 8.07. The zero-order valence-corrected chi connectivity index (χ0v) is 30.0. The quantitative estimate of drug-likeness (QED) is 0.160. The minimum Gasteiger partial charge on any atom is -0.436 e. The minimum absolute atomic E-state index is 0.598. The number of oxazole rings is 1. The van der Waals surface area contributed by atoms with Crippen LogP contribution in [0.2, 0.25) is 0 Å². The maximum atomic E-state index is 6.10. The molecule has 0 fully saturated rings. The van der Waals surface area contributed by atoms with Crippen LogP contribution >= 0.6 is 0 Å². The molecule has 262 valence electrons. The lowest BCUT2D eigenvalue weighted by Crippen LogP contribution is -2.10. The third kappa shape index (κ3) is 5.60. The van der Waals surface area contributed by atoms with Crippen LogP contribution < -0.4 is 4.90 Å². The van der Waals surface area contributed by atoms with Gasteiger partial charge in [-0.05, 0) is 118 Å². The highest BCUT2D eigenvalue weighted by Crippen LogP contribution is 2.39. The zero-order valence-electron chi connectivity index (χ0n) is 30.0. The summed E-state index contributed by atoms with van der Waals surface area (Å²) in [4.78, 5) is 21.3. The number of anilines is 3. The van der Waals surface area contributed by atoms with Crippen molar-refractivity contribution in [2.24, 2.45) is 0 Å². The molecule has 6 heteroatoms. The van der Waals surface area contributed by atoms with Gasteiger partial charge in [0, 0.05) is 56.9 Å². The van der Waals surface area contributed by atoms with E-state index in [9.17, 15) is 0 Å². The maximum absolute atomic E-state index is 6.10. The van der Waals surface area contributed by atoms with E-state index in [1.165, 1.54) is 21.5 Å². The normalized spacial score (nSPS) is 11.6. The van der Waals surface area contributed by atoms with Crippen molar-refractivity contribution in [3.8, 4) is 34.1 Å². The molecule has 0 unspecified atom stereocenters. The lowest BCUT2D eigenvalue weighted by atomic mass is 9.98. The van der Waals surface area contributed by atoms with Crippen molar-refractivity contribution in [3.63, 3.8) is 0 Å². The third-order valence-electron chi connectivity index (χ3n) is 10.5. The van der Waals surface area contributed by atoms with Gasteiger partial charge in [-0.25, -0.2) is 15.0 Å². The summed E-state index contributed by atoms with van der Waals surface area (Å²) in [5.74, 6) is 1.29. The van der Waals surface area contributed by atoms with Crippen LogP contribution in [0.1, 0.15) is 0 Å². The van der Waals surface area contributed by atoms with Crippen molar-refractivity contribution in [1.29, 1.82) is 0 Å². The van der Waals surface area contributed by atoms with Gasteiger partial charge < -0.3 is 9.32 Å². The van der Waals surface area contributed by atoms with Crippen LogP contribution in [-0.4, -0.2) is 19.9 Å². The van der Waals surface area contributed by atoms with Gasteiger partial charge >= 0.3 is 0 Å². The highest BCUT2D eigenvalue weighted by atomic mass is 16.3. The summed E-state index contributed by atoms with van der Waals surface area (Å²) in [6, 6.07) is 61.0. The molecule has 0 aliphatic rings. The molecule has 0 saturated carbocycles. The van der Waals surface area contributed by atoms with Crippen LogP contribution in [-0.2, 0) is 0 Å². The monoisotopic (exact) mass is 717 g/mol. The minimum atomic E-state index is 0.598. The Kier molecular flexibility index (Phi) is 7.38. The van der Waals surface area contributed by atoms with Gasteiger partial charge in [0.25, 0.3) is 0 Å². The number of hydrogen-bond donors (Lipinski definition) is 0. The molecule has 11 aromatic rings. The van der Waals surface area contributed by atoms with Gasteiger partial charge in [0.2, 0.25) is 5.89 Å². The summed E-state index contributed by atoms with van der Waals surface area (Å²) in [7, 11) is 0. The molecule has 8 aromatic carbocycles. The van der Waals surface area contributed by atoms with Crippen molar-refractivity contribution < 1.29 is 4.42 Å². The predicted molar refractivity (Wildman–Crippen MR) is 228 cm³/mol. The van der Waals surface area contributed by atoms with Crippen molar-refractivity contribution in [1.82, 2.24) is 19.9 Å². The molecule has 0 aliphatic heterocycles. The van der Waals surface area contributed by atoms with Crippen LogP contribution in [0, 0.1) is 0 Å². The van der Waals surface area contributed by atoms with E-state index in [0.29, 0.717) is 11.7 Å². The largest absolute Gasteiger partial charge is 0.436 e. The molecule has 0 N–H and O–H groups in total. The van der Waals surface area contributed by atoms with Gasteiger partial charge in [-0.3, -0.25) is 4.98 Å². The predicted octanol–water partition coefficient (Wildman–Crippen LogP) is 13.1. The van der Waals surface area contributed by atoms with Gasteiger partial charge in [0.05, 0.1) is 11.2 Å². The lowest BCUT2D eigenvalue weighted by molar-refractivity contribution is 0.620. The van der Waals surface area contributed by atoms with E-state index >= 15 is 0 Å². The molecule has 6 nitrogen and oxygen atoms in total. The maximum Gasteiger partial charge on any atom is 0.227 e. The Balaban J connectivity index is 0.983. The first kappa shape index (κ1) is 31.8. The fourth-order valence-electron chi connectivity index (χ4n) is 7.67. The summed E-state index contributed by atoms with van der Waals surface area (Å²) in [6.45, 7) is 0. The Bertz CT molecular complexity index is 3230. The number of hydrogen-bond acceptors (Lipinski definition) is 6. The number of rotatable bonds is 6. The first-order valence-corrected chi connectivity index (χ1v) is 18.6. The Morgan fingerprint density at radius 1 is 0.393 bits per heavy atom. The Morgan fingerprint density at radius 3 is 1.79 bits per heavy atom. The van der Waals surface area contributed by atoms with E-state index < -0.39 is 0 Å². The van der Waals surface area contributed by atoms with Crippen LogP contribution in [0.15, 0.2) is 193 Å². The molecule has 3 heterocycles. The van der Waals surface area contributed by atoms with E-state index in [4.69, 9.17) is 19.4 Å². The topological polar surface area (TPSA) is 67.9 Å². The molecule has 0 atom stereocenters. The second-order valence-electron chi connectivity index (χ2n) is 14.0. The van der Waals surface area contributed by atoms with E-state index in [1.54, 1.807) is 0 Å². The Morgan fingerprint density at radius 2 is 1.00 bits per heavy atom. The van der Waals surface area contributed by atoms with E-state index in [1.807, 2.05) is 67.0 Å². The number of para-hydroxylation sites is 3. The van der Waals surface area contributed by atoms with Gasteiger partial charge in [-0.15, -0.1) is 0 Å². The molecular formula is C50H31N5O. The fourth-order valence-corrected chi connectivity index (χ4v) is 7.67. The molecule has 0 bridgehead atoms. The first-order valence-electron chi connectivity index (χ1n) is 18.6. The number of nitrogens with zero attached hydrogens (tertiary/aromatic N) is 5.